The second-order valence-electron chi connectivity index (χ2n) is 30.5. The summed E-state index contributed by atoms with van der Waals surface area (Å²) >= 11 is 6.83. The zero-order valence-corrected chi connectivity index (χ0v) is 67.9. The number of likely N-dealkylation sites (N-methyl/N-ethyl adjacent to an activating group) is 1. The average molecular weight is 1630 g/mol. The number of carbonyl (C=O) groups is 13. The van der Waals surface area contributed by atoms with Gasteiger partial charge in [-0.2, -0.15) is 0 Å². The molecule has 0 saturated carbocycles. The molecule has 24 atom stereocenters. The van der Waals surface area contributed by atoms with Gasteiger partial charge < -0.3 is 129 Å². The number of methoxy groups -OCH3 is 2. The molecule has 0 unspecified atom stereocenters. The number of esters is 1. The first-order valence-corrected chi connectivity index (χ1v) is 37.7. The Morgan fingerprint density at radius 3 is 1.98 bits per heavy atom. The van der Waals surface area contributed by atoms with Crippen molar-refractivity contribution >= 4 is 88.5 Å². The second-order valence-corrected chi connectivity index (χ2v) is 31.1. The molecule has 0 aromatic heterocycles. The van der Waals surface area contributed by atoms with E-state index >= 15 is 19.2 Å². The number of nitrogens with one attached hydrogen (secondary N) is 9. The normalized spacial score (nSPS) is 27.9. The number of aliphatic hydroxyl groups is 7. The highest BCUT2D eigenvalue weighted by Crippen LogP contribution is 2.34. The van der Waals surface area contributed by atoms with Crippen LogP contribution in [0, 0.1) is 23.2 Å². The van der Waals surface area contributed by atoms with Crippen LogP contribution in [0.15, 0.2) is 48.1 Å². The topological polar surface area (TPSA) is 576 Å². The van der Waals surface area contributed by atoms with Gasteiger partial charge in [-0.15, -0.1) is 11.6 Å². The molecule has 12 amide bonds. The van der Waals surface area contributed by atoms with Crippen LogP contribution in [0.5, 0.6) is 5.75 Å². The number of primary amides is 1. The van der Waals surface area contributed by atoms with Crippen LogP contribution in [0.2, 0.25) is 0 Å². The summed E-state index contributed by atoms with van der Waals surface area (Å²) in [6.07, 6.45) is -11.0. The van der Waals surface area contributed by atoms with E-state index in [0.717, 1.165) is 70.8 Å². The van der Waals surface area contributed by atoms with Gasteiger partial charge in [-0.3, -0.25) is 57.5 Å². The van der Waals surface area contributed by atoms with Gasteiger partial charge in [0.25, 0.3) is 5.91 Å². The lowest BCUT2D eigenvalue weighted by atomic mass is 9.74. The maximum atomic E-state index is 15.8. The molecule has 3 aliphatic rings. The van der Waals surface area contributed by atoms with Crippen molar-refractivity contribution in [3.8, 4) is 5.75 Å². The number of nitrogens with two attached hydrogens (primary N) is 2. The van der Waals surface area contributed by atoms with Gasteiger partial charge >= 0.3 is 5.97 Å². The van der Waals surface area contributed by atoms with Crippen molar-refractivity contribution in [1.82, 2.24) is 57.7 Å². The number of allylic oxidation sites excluding steroid dienone is 3. The van der Waals surface area contributed by atoms with Crippen LogP contribution in [-0.4, -0.2) is 296 Å². The Morgan fingerprint density at radius 2 is 1.43 bits per heavy atom. The van der Waals surface area contributed by atoms with Crippen LogP contribution >= 0.6 is 11.6 Å². The number of aliphatic hydroxyl groups excluding tert-OH is 6. The Bertz CT molecular complexity index is 3580. The Labute approximate surface area is 662 Å². The fourth-order valence-corrected chi connectivity index (χ4v) is 12.8. The maximum absolute atomic E-state index is 15.8. The lowest BCUT2D eigenvalue weighted by Gasteiger charge is -2.41. The van der Waals surface area contributed by atoms with Crippen molar-refractivity contribution in [2.24, 2.45) is 34.6 Å². The quantitative estimate of drug-likeness (QED) is 0.0203. The molecule has 38 nitrogen and oxygen atoms in total. The van der Waals surface area contributed by atoms with Gasteiger partial charge in [0.15, 0.2) is 5.60 Å². The van der Waals surface area contributed by atoms with E-state index in [-0.39, 0.29) is 30.2 Å². The number of amides is 12. The first-order chi connectivity index (χ1) is 52.4. The molecule has 113 heavy (non-hydrogen) atoms. The predicted molar refractivity (Wildman–Crippen MR) is 405 cm³/mol. The summed E-state index contributed by atoms with van der Waals surface area (Å²) in [5, 5.41) is 96.4. The van der Waals surface area contributed by atoms with Crippen molar-refractivity contribution in [3.05, 3.63) is 53.6 Å². The predicted octanol–water partition coefficient (Wildman–Crippen LogP) is -4.81. The number of cyclic esters (lactones) is 1. The summed E-state index contributed by atoms with van der Waals surface area (Å²) in [5.41, 5.74) is 6.48. The summed E-state index contributed by atoms with van der Waals surface area (Å²) in [4.78, 5) is 190. The van der Waals surface area contributed by atoms with Crippen molar-refractivity contribution in [3.63, 3.8) is 0 Å². The van der Waals surface area contributed by atoms with Crippen LogP contribution in [0.3, 0.4) is 0 Å². The van der Waals surface area contributed by atoms with Gasteiger partial charge in [0.2, 0.25) is 71.3 Å². The summed E-state index contributed by atoms with van der Waals surface area (Å²) in [6.45, 7) is 17.8. The molecule has 3 saturated heterocycles. The third-order valence-electron chi connectivity index (χ3n) is 20.8. The summed E-state index contributed by atoms with van der Waals surface area (Å²) < 4.78 is 29.0. The van der Waals surface area contributed by atoms with E-state index < -0.39 is 252 Å². The number of ether oxygens (including phenoxy) is 5. The SMILES string of the molecule is CC[C@@H](C)C=C(C)C=C[C@H](O)[C@](C)(O)C(=O)NCC(=O)N[C@@](C)(C(=O)N[C@H](C(=O)N[C@H](C(=O)N[C@@H]1C(=O)N[C@H](COC)C(=O)NCC(=O)N[C@@H](C)C(=O)N(C)[C@@H]([C@H](C)O)C(=O)N[C@H]([C@H](OC)c2ccc(O[C@H]3O[C@@H](C)[C@H](O)[C@@H](O)[C@@H]3O)cc2)C(=O)N2CC[C@@H](Cl)C[C@H]2C(=O)O[C@H]1C(C)C)[C@H](C)C(C)(C)C(N)=O)[C@H](C)N)[C@H](C)O. The molecule has 1 aromatic carbocycles. The van der Waals surface area contributed by atoms with Gasteiger partial charge in [0.05, 0.1) is 38.0 Å². The molecule has 39 heteroatoms. The lowest BCUT2D eigenvalue weighted by Crippen LogP contribution is -2.69. The highest BCUT2D eigenvalue weighted by molar-refractivity contribution is 6.21. The third-order valence-corrected chi connectivity index (χ3v) is 21.2. The molecular formula is C74H118ClN13O25. The van der Waals surface area contributed by atoms with Gasteiger partial charge in [-0.1, -0.05) is 90.8 Å². The molecule has 0 bridgehead atoms. The van der Waals surface area contributed by atoms with Crippen LogP contribution in [0.25, 0.3) is 0 Å². The number of piperidine rings is 1. The third kappa shape index (κ3) is 25.2. The zero-order chi connectivity index (χ0) is 86.0. The summed E-state index contributed by atoms with van der Waals surface area (Å²) in [5.74, 6) is -17.6. The van der Waals surface area contributed by atoms with E-state index in [9.17, 15) is 78.9 Å². The molecule has 0 aliphatic carbocycles. The lowest BCUT2D eigenvalue weighted by molar-refractivity contribution is -0.268. The molecule has 4 rings (SSSR count). The molecule has 20 N–H and O–H groups in total. The molecule has 3 heterocycles. The smallest absolute Gasteiger partial charge is 0.329 e. The van der Waals surface area contributed by atoms with Crippen molar-refractivity contribution < 1.29 is 122 Å². The molecule has 3 aliphatic heterocycles. The van der Waals surface area contributed by atoms with E-state index in [1.54, 1.807) is 6.92 Å². The number of fused-ring (bicyclic) bond motifs is 1. The number of halogens is 1. The number of hydrogen-bond donors (Lipinski definition) is 18. The summed E-state index contributed by atoms with van der Waals surface area (Å²) in [7, 11) is 3.43. The van der Waals surface area contributed by atoms with E-state index in [1.165, 1.54) is 91.8 Å². The minimum atomic E-state index is -2.49. The maximum Gasteiger partial charge on any atom is 0.329 e. The number of benzene rings is 1. The van der Waals surface area contributed by atoms with Crippen LogP contribution in [0.1, 0.15) is 135 Å². The van der Waals surface area contributed by atoms with Gasteiger partial charge in [0, 0.05) is 44.6 Å². The van der Waals surface area contributed by atoms with Crippen LogP contribution in [0.4, 0.5) is 0 Å². The highest BCUT2D eigenvalue weighted by Gasteiger charge is 2.51. The molecule has 1 aromatic rings. The minimum absolute atomic E-state index is 0.0117. The number of rotatable bonds is 29. The molecule has 3 fully saturated rings. The van der Waals surface area contributed by atoms with Crippen LogP contribution in [-0.2, 0) is 81.3 Å². The fraction of sp³-hybridized carbons (Fsp3) is 0.689. The largest absolute Gasteiger partial charge is 0.462 e. The van der Waals surface area contributed by atoms with E-state index in [2.05, 4.69) is 47.9 Å². The van der Waals surface area contributed by atoms with E-state index in [0.29, 0.717) is 0 Å². The Morgan fingerprint density at radius 1 is 0.814 bits per heavy atom. The Balaban J connectivity index is 1.88. The fourth-order valence-electron chi connectivity index (χ4n) is 12.5. The molecular weight excluding hydrogens is 1510 g/mol. The highest BCUT2D eigenvalue weighted by atomic mass is 35.5. The zero-order valence-electron chi connectivity index (χ0n) is 67.2. The Hall–Kier alpha value is -8.54. The van der Waals surface area contributed by atoms with Crippen molar-refractivity contribution in [1.29, 1.82) is 0 Å². The number of hydrogen-bond acceptors (Lipinski definition) is 26. The van der Waals surface area contributed by atoms with Gasteiger partial charge in [-0.25, -0.2) is 4.79 Å². The van der Waals surface area contributed by atoms with Crippen LogP contribution < -0.4 is 64.1 Å². The van der Waals surface area contributed by atoms with Gasteiger partial charge in [0.1, 0.15) is 96.2 Å². The first kappa shape index (κ1) is 96.8. The van der Waals surface area contributed by atoms with E-state index in [1.807, 2.05) is 19.9 Å². The molecule has 636 valence electrons. The minimum Gasteiger partial charge on any atom is -0.462 e. The average Bonchev–Trinajstić information content (AvgIpc) is 0.732. The second kappa shape index (κ2) is 42.2. The molecule has 0 spiro atoms. The standard InChI is InChI=1S/C74H118ClN13O25/c1-19-34(4)28-35(5)20-25-47(91)74(15,108)71(107)79-31-49(93)86-73(14,41(11)90)70(106)85-51(37(7)76)62(99)82-50(36(6)72(12,13)69(77)105)61(98)83-52-58(33(2)3)113-67(104)46-29-43(75)26-27-88(46)66(103)53(59(110-18)42-21-23-44(24-22-42)112-68-57(96)56(95)55(94)40(10)111-68)84-64(101)54(39(9)89)87(16)65(102)38(8)80-48(92)30-78-60(97)45(32-109-17)81-63(52)100/h20-25,28,33-34,36-41,43,45-47,50-59,68,89-91,94-96,108H,19,26-27,29-32,76H2,1-18H3,(H2,77,105)(H,78,97)(H,79,107)(H,80,92)(H,81,100)(H,82,99)(H,83,98)(H,84,101)(H,85,106)(H,86,93)/t34-,36+,37+,38+,39+,40+,41+,43-,45-,46+,47+,50+,51+,52+,53-,54+,55+,56-,57+,58+,59-,68-,73-,74+/m1/s1. The number of nitrogens with zero attached hydrogens (tertiary/aromatic N) is 2. The monoisotopic (exact) mass is 1620 g/mol. The van der Waals surface area contributed by atoms with E-state index in [4.69, 9.17) is 46.8 Å². The summed E-state index contributed by atoms with van der Waals surface area (Å²) in [6, 6.07) is -11.0. The Kier molecular flexibility index (Phi) is 36.1. The number of carbonyl (C=O) groups excluding carboxylic acids is 13. The number of alkyl halides is 1. The molecule has 0 radical (unpaired) electrons. The van der Waals surface area contributed by atoms with Crippen molar-refractivity contribution in [2.45, 2.75) is 255 Å². The van der Waals surface area contributed by atoms with Gasteiger partial charge in [-0.05, 0) is 104 Å². The van der Waals surface area contributed by atoms with Crippen molar-refractivity contribution in [2.75, 3.05) is 47.5 Å². The first-order valence-electron chi connectivity index (χ1n) is 37.2.